The summed E-state index contributed by atoms with van der Waals surface area (Å²) in [5.74, 6) is -5.20. The van der Waals surface area contributed by atoms with Crippen molar-refractivity contribution in [3.63, 3.8) is 0 Å². The molecule has 0 radical (unpaired) electrons. The Morgan fingerprint density at radius 3 is 2.27 bits per heavy atom. The highest BCUT2D eigenvalue weighted by Crippen LogP contribution is 2.20. The van der Waals surface area contributed by atoms with E-state index in [1.165, 1.54) is 12.1 Å². The van der Waals surface area contributed by atoms with Gasteiger partial charge in [-0.3, -0.25) is 10.4 Å². The Hall–Kier alpha value is -1.50. The molecule has 6 heteroatoms. The molecule has 0 saturated carbocycles. The smallest absolute Gasteiger partial charge is 0.362 e. The zero-order chi connectivity index (χ0) is 11.5. The van der Waals surface area contributed by atoms with Crippen LogP contribution in [0.25, 0.3) is 0 Å². The Morgan fingerprint density at radius 2 is 1.87 bits per heavy atom. The molecule has 0 aromatic heterocycles. The van der Waals surface area contributed by atoms with Crippen LogP contribution in [0.15, 0.2) is 30.3 Å². The summed E-state index contributed by atoms with van der Waals surface area (Å²) in [6.07, 6.45) is -0.657. The number of carboxylic acid groups (broad SMARTS) is 1. The molecule has 3 N–H and O–H groups in total. The minimum absolute atomic E-state index is 0.343. The molecule has 1 rings (SSSR count). The average Bonchev–Trinajstić information content (AvgIpc) is 2.18. The van der Waals surface area contributed by atoms with Crippen LogP contribution in [0.2, 0.25) is 0 Å². The Morgan fingerprint density at radius 1 is 1.33 bits per heavy atom. The Kier molecular flexibility index (Phi) is 3.35. The van der Waals surface area contributed by atoms with E-state index in [4.69, 9.17) is 15.5 Å². The summed E-state index contributed by atoms with van der Waals surface area (Å²) in [7, 11) is 0. The van der Waals surface area contributed by atoms with Gasteiger partial charge in [0.25, 0.3) is 0 Å². The Balaban J connectivity index is 2.90. The highest BCUT2D eigenvalue weighted by atomic mass is 18.2. The molecule has 1 aromatic rings. The van der Waals surface area contributed by atoms with Gasteiger partial charge in [0, 0.05) is 6.42 Å². The lowest BCUT2D eigenvalue weighted by Crippen LogP contribution is -2.49. The minimum atomic E-state index is -3.23. The average molecular weight is 214 g/mol. The van der Waals surface area contributed by atoms with Gasteiger partial charge < -0.3 is 5.11 Å². The normalized spacial score (nSPS) is 14.9. The van der Waals surface area contributed by atoms with Crippen molar-refractivity contribution in [3.05, 3.63) is 35.9 Å². The number of hydroxylamine groups is 2. The van der Waals surface area contributed by atoms with Crippen LogP contribution in [0.3, 0.4) is 0 Å². The minimum Gasteiger partial charge on any atom is -0.478 e. The predicted molar refractivity (Wildman–Crippen MR) is 47.0 cm³/mol. The monoisotopic (exact) mass is 214 g/mol. The maximum absolute atomic E-state index is 13.5. The van der Waals surface area contributed by atoms with Gasteiger partial charge >= 0.3 is 11.8 Å². The van der Waals surface area contributed by atoms with Crippen molar-refractivity contribution in [1.82, 2.24) is 5.23 Å². The molecule has 0 aliphatic heterocycles. The molecule has 0 fully saturated rings. The number of alkyl halides is 1. The fourth-order valence-electron chi connectivity index (χ4n) is 1.10. The molecule has 0 heterocycles. The number of hydrogen-bond donors (Lipinski definition) is 3. The number of aliphatic carboxylic acids is 1. The summed E-state index contributed by atoms with van der Waals surface area (Å²) in [6.45, 7) is 0. The van der Waals surface area contributed by atoms with Crippen LogP contribution < -0.4 is 0 Å². The van der Waals surface area contributed by atoms with Crippen molar-refractivity contribution < 1.29 is 24.7 Å². The lowest BCUT2D eigenvalue weighted by Gasteiger charge is -2.23. The van der Waals surface area contributed by atoms with E-state index in [1.54, 1.807) is 18.2 Å². The van der Waals surface area contributed by atoms with Crippen LogP contribution >= 0.6 is 0 Å². The number of carbonyl (C=O) groups is 1. The van der Waals surface area contributed by atoms with Crippen LogP contribution in [0.1, 0.15) is 5.56 Å². The van der Waals surface area contributed by atoms with Crippen molar-refractivity contribution in [1.29, 1.82) is 0 Å². The fourth-order valence-corrected chi connectivity index (χ4v) is 1.10. The van der Waals surface area contributed by atoms with Crippen LogP contribution in [-0.2, 0) is 11.2 Å². The quantitative estimate of drug-likeness (QED) is 0.515. The van der Waals surface area contributed by atoms with Gasteiger partial charge in [-0.25, -0.2) is 9.18 Å². The molecule has 82 valence electrons. The van der Waals surface area contributed by atoms with Gasteiger partial charge in [0.2, 0.25) is 0 Å². The van der Waals surface area contributed by atoms with Crippen LogP contribution in [0.5, 0.6) is 0 Å². The van der Waals surface area contributed by atoms with Gasteiger partial charge in [-0.15, -0.1) is 0 Å². The third-order valence-electron chi connectivity index (χ3n) is 1.93. The molecule has 0 aliphatic rings. The summed E-state index contributed by atoms with van der Waals surface area (Å²) < 4.78 is 13.5. The number of halogens is 1. The van der Waals surface area contributed by atoms with E-state index >= 15 is 0 Å². The summed E-state index contributed by atoms with van der Waals surface area (Å²) in [5.41, 5.74) is 0.343. The summed E-state index contributed by atoms with van der Waals surface area (Å²) in [6, 6.07) is 7.84. The van der Waals surface area contributed by atoms with Gasteiger partial charge in [0.1, 0.15) is 0 Å². The molecular weight excluding hydrogens is 204 g/mol. The third-order valence-corrected chi connectivity index (χ3v) is 1.93. The van der Waals surface area contributed by atoms with E-state index < -0.39 is 23.4 Å². The van der Waals surface area contributed by atoms with Crippen molar-refractivity contribution in [3.8, 4) is 0 Å². The van der Waals surface area contributed by atoms with E-state index in [2.05, 4.69) is 0 Å². The fraction of sp³-hybridized carbons (Fsp3) is 0.222. The van der Waals surface area contributed by atoms with Crippen molar-refractivity contribution in [2.45, 2.75) is 12.2 Å². The Bertz CT molecular complexity index is 343. The molecule has 15 heavy (non-hydrogen) atoms. The lowest BCUT2D eigenvalue weighted by molar-refractivity contribution is -0.384. The molecule has 0 spiro atoms. The standard InChI is InChI=1S/C9H10FNO4/c10-9(8(12)13,11(14)15)6-7-4-2-1-3-5-7/h1-5,14-15H,6H2,(H,12,13)/t9-/m0/s1/i10-1. The molecule has 0 saturated heterocycles. The zero-order valence-electron chi connectivity index (χ0n) is 7.67. The first-order valence-electron chi connectivity index (χ1n) is 4.11. The van der Waals surface area contributed by atoms with Gasteiger partial charge in [0.05, 0.1) is 0 Å². The maximum atomic E-state index is 13.5. The topological polar surface area (TPSA) is 81.0 Å². The first-order chi connectivity index (χ1) is 6.97. The predicted octanol–water partition coefficient (Wildman–Crippen LogP) is 1.06. The number of rotatable bonds is 4. The Labute approximate surface area is 84.9 Å². The van der Waals surface area contributed by atoms with Crippen LogP contribution in [0, 0.1) is 0 Å². The number of nitrogens with zero attached hydrogens (tertiary/aromatic N) is 1. The summed E-state index contributed by atoms with van der Waals surface area (Å²) in [5, 5.41) is 24.7. The summed E-state index contributed by atoms with van der Waals surface area (Å²) >= 11 is 0. The second-order valence-corrected chi connectivity index (χ2v) is 3.02. The molecule has 5 nitrogen and oxygen atoms in total. The van der Waals surface area contributed by atoms with Crippen molar-refractivity contribution in [2.24, 2.45) is 0 Å². The second-order valence-electron chi connectivity index (χ2n) is 3.02. The molecule has 1 aromatic carbocycles. The third kappa shape index (κ3) is 2.50. The molecule has 1 atom stereocenters. The second kappa shape index (κ2) is 4.35. The van der Waals surface area contributed by atoms with Gasteiger partial charge in [-0.05, 0) is 10.8 Å². The first kappa shape index (κ1) is 11.6. The highest BCUT2D eigenvalue weighted by molar-refractivity contribution is 5.76. The largest absolute Gasteiger partial charge is 0.478 e. The molecule has 0 amide bonds. The molecular formula is C9H10FNO4. The SMILES string of the molecule is O=C(O)[C@]([18F])(Cc1ccccc1)N(O)O. The van der Waals surface area contributed by atoms with Crippen molar-refractivity contribution in [2.75, 3.05) is 0 Å². The zero-order valence-corrected chi connectivity index (χ0v) is 7.67. The van der Waals surface area contributed by atoms with Gasteiger partial charge in [-0.1, -0.05) is 30.3 Å². The summed E-state index contributed by atoms with van der Waals surface area (Å²) in [4.78, 5) is 10.5. The molecule has 0 unspecified atom stereocenters. The van der Waals surface area contributed by atoms with Crippen LogP contribution in [0.4, 0.5) is 4.39 Å². The van der Waals surface area contributed by atoms with Crippen molar-refractivity contribution >= 4 is 5.97 Å². The lowest BCUT2D eigenvalue weighted by atomic mass is 10.0. The highest BCUT2D eigenvalue weighted by Gasteiger charge is 2.45. The van der Waals surface area contributed by atoms with E-state index in [0.717, 1.165) is 0 Å². The maximum Gasteiger partial charge on any atom is 0.362 e. The molecule has 0 bridgehead atoms. The molecule has 0 aliphatic carbocycles. The number of benzene rings is 1. The number of hydrogen-bond acceptors (Lipinski definition) is 4. The van der Waals surface area contributed by atoms with E-state index in [-0.39, 0.29) is 0 Å². The van der Waals surface area contributed by atoms with E-state index in [9.17, 15) is 9.18 Å². The van der Waals surface area contributed by atoms with E-state index in [1.807, 2.05) is 0 Å². The number of carboxylic acids is 1. The van der Waals surface area contributed by atoms with Gasteiger partial charge in [0.15, 0.2) is 0 Å². The first-order valence-corrected chi connectivity index (χ1v) is 4.11. The van der Waals surface area contributed by atoms with Gasteiger partial charge in [-0.2, -0.15) is 0 Å². The van der Waals surface area contributed by atoms with E-state index in [0.29, 0.717) is 5.56 Å². The van der Waals surface area contributed by atoms with Crippen LogP contribution in [-0.4, -0.2) is 32.5 Å².